The number of methoxy groups -OCH3 is 1. The van der Waals surface area contributed by atoms with Crippen LogP contribution in [0.2, 0.25) is 0 Å². The van der Waals surface area contributed by atoms with Gasteiger partial charge in [0, 0.05) is 17.7 Å². The van der Waals surface area contributed by atoms with Crippen LogP contribution in [0.5, 0.6) is 11.5 Å². The molecular weight excluding hydrogens is 424 g/mol. The molecule has 166 valence electrons. The summed E-state index contributed by atoms with van der Waals surface area (Å²) in [5, 5.41) is 14.4. The first kappa shape index (κ1) is 23.3. The van der Waals surface area contributed by atoms with E-state index in [1.54, 1.807) is 19.2 Å². The molecule has 7 heteroatoms. The van der Waals surface area contributed by atoms with E-state index in [1.807, 2.05) is 41.1 Å². The number of phenols is 1. The van der Waals surface area contributed by atoms with E-state index in [0.717, 1.165) is 34.8 Å². The average Bonchev–Trinajstić information content (AvgIpc) is 3.19. The van der Waals surface area contributed by atoms with Crippen molar-refractivity contribution in [1.82, 2.24) is 19.7 Å². The number of rotatable bonds is 7. The number of nitrogens with zero attached hydrogens (tertiary/aromatic N) is 4. The third kappa shape index (κ3) is 5.46. The quantitative estimate of drug-likeness (QED) is 0.435. The van der Waals surface area contributed by atoms with Gasteiger partial charge >= 0.3 is 0 Å². The molecule has 0 radical (unpaired) electrons. The maximum absolute atomic E-state index is 9.60. The van der Waals surface area contributed by atoms with Gasteiger partial charge in [0.2, 0.25) is 0 Å². The van der Waals surface area contributed by atoms with Crippen LogP contribution < -0.4 is 4.74 Å². The summed E-state index contributed by atoms with van der Waals surface area (Å²) in [6.07, 6.45) is 0. The number of ether oxygens (including phenoxy) is 1. The van der Waals surface area contributed by atoms with E-state index in [1.165, 1.54) is 5.56 Å². The maximum Gasteiger partial charge on any atom is 0.181 e. The molecular formula is C25H27ClN4O2. The zero-order valence-corrected chi connectivity index (χ0v) is 19.2. The minimum atomic E-state index is 0. The molecule has 0 aliphatic heterocycles. The molecule has 4 rings (SSSR count). The molecule has 1 heterocycles. The Kier molecular flexibility index (Phi) is 7.51. The Labute approximate surface area is 194 Å². The first-order valence-corrected chi connectivity index (χ1v) is 10.1. The van der Waals surface area contributed by atoms with Gasteiger partial charge in [0.1, 0.15) is 11.5 Å². The lowest BCUT2D eigenvalue weighted by Gasteiger charge is -2.11. The number of aromatic hydroxyl groups is 1. The van der Waals surface area contributed by atoms with Crippen LogP contribution in [0.4, 0.5) is 0 Å². The van der Waals surface area contributed by atoms with Crippen molar-refractivity contribution in [2.45, 2.75) is 13.1 Å². The molecule has 0 aliphatic rings. The van der Waals surface area contributed by atoms with Gasteiger partial charge in [0.05, 0.1) is 13.7 Å². The van der Waals surface area contributed by atoms with Gasteiger partial charge < -0.3 is 14.7 Å². The van der Waals surface area contributed by atoms with Crippen molar-refractivity contribution >= 4 is 12.4 Å². The van der Waals surface area contributed by atoms with Crippen LogP contribution in [0.15, 0.2) is 72.8 Å². The smallest absolute Gasteiger partial charge is 0.181 e. The fourth-order valence-corrected chi connectivity index (χ4v) is 3.48. The Morgan fingerprint density at radius 1 is 0.906 bits per heavy atom. The van der Waals surface area contributed by atoms with Gasteiger partial charge in [0.15, 0.2) is 11.6 Å². The predicted molar refractivity (Wildman–Crippen MR) is 129 cm³/mol. The number of hydrogen-bond acceptors (Lipinski definition) is 5. The first-order chi connectivity index (χ1) is 15.0. The van der Waals surface area contributed by atoms with Crippen molar-refractivity contribution in [3.63, 3.8) is 0 Å². The highest BCUT2D eigenvalue weighted by Crippen LogP contribution is 2.26. The van der Waals surface area contributed by atoms with Crippen LogP contribution in [0.3, 0.4) is 0 Å². The number of halogens is 1. The lowest BCUT2D eigenvalue weighted by Crippen LogP contribution is -2.10. The second-order valence-electron chi connectivity index (χ2n) is 7.75. The standard InChI is InChI=1S/C25H26N4O2.ClH/c1-28(2)16-19-5-4-6-21(15-19)25-26-24(20-9-13-23(31-3)14-10-20)27-29(25)17-18-7-11-22(30)12-8-18;/h4-15,30H,16-17H2,1-3H3;1H. The molecule has 0 bridgehead atoms. The van der Waals surface area contributed by atoms with E-state index in [0.29, 0.717) is 12.4 Å². The summed E-state index contributed by atoms with van der Waals surface area (Å²) < 4.78 is 7.18. The lowest BCUT2D eigenvalue weighted by atomic mass is 10.1. The second kappa shape index (κ2) is 10.3. The Balaban J connectivity index is 0.00000289. The Bertz CT molecular complexity index is 1160. The summed E-state index contributed by atoms with van der Waals surface area (Å²) in [6, 6.07) is 23.3. The summed E-state index contributed by atoms with van der Waals surface area (Å²) in [4.78, 5) is 7.03. The second-order valence-corrected chi connectivity index (χ2v) is 7.75. The molecule has 0 fully saturated rings. The third-order valence-electron chi connectivity index (χ3n) is 4.97. The topological polar surface area (TPSA) is 63.4 Å². The predicted octanol–water partition coefficient (Wildman–Crippen LogP) is 4.86. The number of aromatic nitrogens is 3. The zero-order valence-electron chi connectivity index (χ0n) is 18.4. The maximum atomic E-state index is 9.60. The van der Waals surface area contributed by atoms with E-state index >= 15 is 0 Å². The van der Waals surface area contributed by atoms with Gasteiger partial charge in [-0.1, -0.05) is 30.3 Å². The molecule has 32 heavy (non-hydrogen) atoms. The van der Waals surface area contributed by atoms with Crippen LogP contribution in [0.25, 0.3) is 22.8 Å². The Hall–Kier alpha value is -3.35. The largest absolute Gasteiger partial charge is 0.508 e. The molecule has 4 aromatic rings. The summed E-state index contributed by atoms with van der Waals surface area (Å²) in [5.41, 5.74) is 4.20. The highest BCUT2D eigenvalue weighted by molar-refractivity contribution is 5.85. The highest BCUT2D eigenvalue weighted by Gasteiger charge is 2.15. The summed E-state index contributed by atoms with van der Waals surface area (Å²) >= 11 is 0. The molecule has 0 unspecified atom stereocenters. The fourth-order valence-electron chi connectivity index (χ4n) is 3.48. The fraction of sp³-hybridized carbons (Fsp3) is 0.200. The third-order valence-corrected chi connectivity index (χ3v) is 4.97. The Morgan fingerprint density at radius 2 is 1.62 bits per heavy atom. The number of benzene rings is 3. The number of phenolic OH excluding ortho intramolecular Hbond substituents is 1. The molecule has 6 nitrogen and oxygen atoms in total. The molecule has 1 N–H and O–H groups in total. The normalized spacial score (nSPS) is 10.8. The molecule has 0 saturated carbocycles. The minimum absolute atomic E-state index is 0. The van der Waals surface area contributed by atoms with Crippen molar-refractivity contribution < 1.29 is 9.84 Å². The SMILES string of the molecule is COc1ccc(-c2nc(-c3cccc(CN(C)C)c3)n(Cc3ccc(O)cc3)n2)cc1.Cl. The van der Waals surface area contributed by atoms with Crippen molar-refractivity contribution in [2.75, 3.05) is 21.2 Å². The molecule has 0 spiro atoms. The van der Waals surface area contributed by atoms with Gasteiger partial charge in [0.25, 0.3) is 0 Å². The summed E-state index contributed by atoms with van der Waals surface area (Å²) in [7, 11) is 5.77. The highest BCUT2D eigenvalue weighted by atomic mass is 35.5. The van der Waals surface area contributed by atoms with Crippen LogP contribution >= 0.6 is 12.4 Å². The van der Waals surface area contributed by atoms with Crippen molar-refractivity contribution in [2.24, 2.45) is 0 Å². The van der Waals surface area contributed by atoms with E-state index in [4.69, 9.17) is 14.8 Å². The van der Waals surface area contributed by atoms with Crippen molar-refractivity contribution in [3.8, 4) is 34.3 Å². The molecule has 0 saturated heterocycles. The lowest BCUT2D eigenvalue weighted by molar-refractivity contribution is 0.402. The van der Waals surface area contributed by atoms with Gasteiger partial charge in [-0.05, 0) is 67.7 Å². The van der Waals surface area contributed by atoms with Crippen LogP contribution in [0.1, 0.15) is 11.1 Å². The van der Waals surface area contributed by atoms with E-state index < -0.39 is 0 Å². The van der Waals surface area contributed by atoms with Crippen LogP contribution in [0, 0.1) is 0 Å². The molecule has 3 aromatic carbocycles. The summed E-state index contributed by atoms with van der Waals surface area (Å²) in [6.45, 7) is 1.40. The molecule has 0 atom stereocenters. The average molecular weight is 451 g/mol. The van der Waals surface area contributed by atoms with E-state index in [-0.39, 0.29) is 18.2 Å². The van der Waals surface area contributed by atoms with Gasteiger partial charge in [-0.3, -0.25) is 0 Å². The molecule has 1 aromatic heterocycles. The van der Waals surface area contributed by atoms with E-state index in [2.05, 4.69) is 43.3 Å². The minimum Gasteiger partial charge on any atom is -0.508 e. The van der Waals surface area contributed by atoms with Gasteiger partial charge in [-0.2, -0.15) is 5.10 Å². The first-order valence-electron chi connectivity index (χ1n) is 10.1. The van der Waals surface area contributed by atoms with Crippen molar-refractivity contribution in [3.05, 3.63) is 83.9 Å². The summed E-state index contributed by atoms with van der Waals surface area (Å²) in [5.74, 6) is 2.51. The monoisotopic (exact) mass is 450 g/mol. The van der Waals surface area contributed by atoms with Crippen molar-refractivity contribution in [1.29, 1.82) is 0 Å². The number of hydrogen-bond donors (Lipinski definition) is 1. The Morgan fingerprint density at radius 3 is 2.28 bits per heavy atom. The molecule has 0 amide bonds. The van der Waals surface area contributed by atoms with Gasteiger partial charge in [-0.25, -0.2) is 9.67 Å². The zero-order chi connectivity index (χ0) is 21.8. The van der Waals surface area contributed by atoms with Crippen LogP contribution in [-0.2, 0) is 13.1 Å². The van der Waals surface area contributed by atoms with E-state index in [9.17, 15) is 5.11 Å². The van der Waals surface area contributed by atoms with Gasteiger partial charge in [-0.15, -0.1) is 12.4 Å². The molecule has 0 aliphatic carbocycles. The van der Waals surface area contributed by atoms with Crippen LogP contribution in [-0.4, -0.2) is 46.0 Å².